The van der Waals surface area contributed by atoms with E-state index < -0.39 is 0 Å². The van der Waals surface area contributed by atoms with Crippen LogP contribution in [0, 0.1) is 17.8 Å². The predicted molar refractivity (Wildman–Crippen MR) is 125 cm³/mol. The molecule has 4 rings (SSSR count). The quantitative estimate of drug-likeness (QED) is 0.316. The average molecular weight is 496 g/mol. The standard InChI is InChI=1S/C22H32N4O.HI/c1-2-23-22(24-10-9-17-12-15-7-8-16(17)11-15)25-14-18-13-21(27)26-20-6-4-3-5-19(18)20;/h3-6,15-18H,2,7-14H2,1H3,(H,26,27)(H2,23,24,25);1H. The van der Waals surface area contributed by atoms with E-state index in [0.717, 1.165) is 42.5 Å². The highest BCUT2D eigenvalue weighted by Gasteiger charge is 2.38. The van der Waals surface area contributed by atoms with Gasteiger partial charge in [-0.3, -0.25) is 9.79 Å². The summed E-state index contributed by atoms with van der Waals surface area (Å²) in [6, 6.07) is 8.07. The van der Waals surface area contributed by atoms with E-state index in [1.165, 1.54) is 37.7 Å². The molecule has 0 spiro atoms. The van der Waals surface area contributed by atoms with Gasteiger partial charge < -0.3 is 16.0 Å². The molecule has 28 heavy (non-hydrogen) atoms. The second-order valence-electron chi connectivity index (χ2n) is 8.41. The summed E-state index contributed by atoms with van der Waals surface area (Å²) in [7, 11) is 0. The molecule has 1 amide bonds. The predicted octanol–water partition coefficient (Wildman–Crippen LogP) is 4.11. The van der Waals surface area contributed by atoms with Gasteiger partial charge in [0.05, 0.1) is 6.54 Å². The lowest BCUT2D eigenvalue weighted by atomic mass is 9.86. The van der Waals surface area contributed by atoms with Gasteiger partial charge >= 0.3 is 0 Å². The first-order valence-electron chi connectivity index (χ1n) is 10.6. The summed E-state index contributed by atoms with van der Waals surface area (Å²) in [5.41, 5.74) is 2.13. The van der Waals surface area contributed by atoms with Gasteiger partial charge in [-0.15, -0.1) is 24.0 Å². The molecule has 4 unspecified atom stereocenters. The summed E-state index contributed by atoms with van der Waals surface area (Å²) in [5, 5.41) is 9.84. The Bertz CT molecular complexity index is 708. The second kappa shape index (κ2) is 9.94. The second-order valence-corrected chi connectivity index (χ2v) is 8.41. The molecule has 0 saturated heterocycles. The smallest absolute Gasteiger partial charge is 0.225 e. The van der Waals surface area contributed by atoms with Gasteiger partial charge in [0, 0.05) is 31.1 Å². The van der Waals surface area contributed by atoms with E-state index in [1.54, 1.807) is 0 Å². The fraction of sp³-hybridized carbons (Fsp3) is 0.636. The highest BCUT2D eigenvalue weighted by atomic mass is 127. The molecule has 2 bridgehead atoms. The van der Waals surface area contributed by atoms with E-state index in [-0.39, 0.29) is 35.8 Å². The molecule has 0 radical (unpaired) electrons. The zero-order valence-corrected chi connectivity index (χ0v) is 19.1. The lowest BCUT2D eigenvalue weighted by molar-refractivity contribution is -0.116. The van der Waals surface area contributed by atoms with Crippen molar-refractivity contribution in [2.75, 3.05) is 25.0 Å². The van der Waals surface area contributed by atoms with Crippen molar-refractivity contribution >= 4 is 41.5 Å². The normalized spacial score (nSPS) is 28.3. The van der Waals surface area contributed by atoms with Gasteiger partial charge in [0.1, 0.15) is 0 Å². The number of rotatable bonds is 6. The maximum Gasteiger partial charge on any atom is 0.225 e. The monoisotopic (exact) mass is 496 g/mol. The fourth-order valence-corrected chi connectivity index (χ4v) is 5.31. The van der Waals surface area contributed by atoms with Crippen LogP contribution >= 0.6 is 24.0 Å². The number of nitrogens with one attached hydrogen (secondary N) is 3. The number of amides is 1. The molecule has 154 valence electrons. The van der Waals surface area contributed by atoms with Crippen LogP contribution in [0.2, 0.25) is 0 Å². The first kappa shape index (κ1) is 21.4. The van der Waals surface area contributed by atoms with Crippen molar-refractivity contribution in [2.45, 2.75) is 51.4 Å². The number of carbonyl (C=O) groups excluding carboxylic acids is 1. The highest BCUT2D eigenvalue weighted by Crippen LogP contribution is 2.49. The molecule has 5 nitrogen and oxygen atoms in total. The largest absolute Gasteiger partial charge is 0.357 e. The fourth-order valence-electron chi connectivity index (χ4n) is 5.31. The molecule has 1 aromatic rings. The van der Waals surface area contributed by atoms with Gasteiger partial charge in [-0.1, -0.05) is 24.6 Å². The molecule has 0 aromatic heterocycles. The number of anilines is 1. The summed E-state index contributed by atoms with van der Waals surface area (Å²) in [4.78, 5) is 16.8. The van der Waals surface area contributed by atoms with Crippen molar-refractivity contribution in [3.63, 3.8) is 0 Å². The van der Waals surface area contributed by atoms with Gasteiger partial charge in [0.2, 0.25) is 5.91 Å². The number of fused-ring (bicyclic) bond motifs is 3. The Morgan fingerprint density at radius 2 is 2.07 bits per heavy atom. The van der Waals surface area contributed by atoms with Crippen molar-refractivity contribution in [1.29, 1.82) is 0 Å². The molecule has 3 aliphatic rings. The molecule has 1 aromatic carbocycles. The Morgan fingerprint density at radius 3 is 2.82 bits per heavy atom. The number of guanidine groups is 1. The number of carbonyl (C=O) groups is 1. The molecular weight excluding hydrogens is 463 g/mol. The van der Waals surface area contributed by atoms with E-state index in [0.29, 0.717) is 13.0 Å². The van der Waals surface area contributed by atoms with Crippen LogP contribution in [0.3, 0.4) is 0 Å². The average Bonchev–Trinajstić information content (AvgIpc) is 3.29. The summed E-state index contributed by atoms with van der Waals surface area (Å²) in [6.07, 6.45) is 7.59. The van der Waals surface area contributed by atoms with Gasteiger partial charge in [0.25, 0.3) is 0 Å². The Kier molecular flexibility index (Phi) is 7.60. The van der Waals surface area contributed by atoms with Crippen LogP contribution < -0.4 is 16.0 Å². The molecular formula is C22H33IN4O. The first-order chi connectivity index (χ1) is 13.2. The molecule has 1 heterocycles. The lowest BCUT2D eigenvalue weighted by Crippen LogP contribution is -2.39. The van der Waals surface area contributed by atoms with Crippen LogP contribution in [0.1, 0.15) is 56.9 Å². The summed E-state index contributed by atoms with van der Waals surface area (Å²) >= 11 is 0. The zero-order valence-electron chi connectivity index (χ0n) is 16.7. The topological polar surface area (TPSA) is 65.5 Å². The molecule has 2 fully saturated rings. The van der Waals surface area contributed by atoms with Crippen LogP contribution in [0.5, 0.6) is 0 Å². The van der Waals surface area contributed by atoms with E-state index in [2.05, 4.69) is 28.9 Å². The van der Waals surface area contributed by atoms with Crippen molar-refractivity contribution < 1.29 is 4.79 Å². The highest BCUT2D eigenvalue weighted by molar-refractivity contribution is 14.0. The number of hydrogen-bond acceptors (Lipinski definition) is 2. The van der Waals surface area contributed by atoms with Crippen LogP contribution in [0.25, 0.3) is 0 Å². The molecule has 6 heteroatoms. The van der Waals surface area contributed by atoms with Gasteiger partial charge in [-0.05, 0) is 62.0 Å². The zero-order chi connectivity index (χ0) is 18.6. The number of hydrogen-bond donors (Lipinski definition) is 3. The number of aliphatic imine (C=N–C) groups is 1. The third-order valence-electron chi connectivity index (χ3n) is 6.61. The molecule has 2 aliphatic carbocycles. The summed E-state index contributed by atoms with van der Waals surface area (Å²) in [6.45, 7) is 4.56. The maximum atomic E-state index is 12.0. The van der Waals surface area contributed by atoms with Crippen molar-refractivity contribution in [1.82, 2.24) is 10.6 Å². The van der Waals surface area contributed by atoms with E-state index >= 15 is 0 Å². The van der Waals surface area contributed by atoms with E-state index in [9.17, 15) is 4.79 Å². The van der Waals surface area contributed by atoms with Gasteiger partial charge in [0.15, 0.2) is 5.96 Å². The van der Waals surface area contributed by atoms with E-state index in [4.69, 9.17) is 4.99 Å². The summed E-state index contributed by atoms with van der Waals surface area (Å²) < 4.78 is 0. The van der Waals surface area contributed by atoms with Crippen molar-refractivity contribution in [3.05, 3.63) is 29.8 Å². The minimum Gasteiger partial charge on any atom is -0.357 e. The Balaban J connectivity index is 0.00000225. The van der Waals surface area contributed by atoms with Crippen molar-refractivity contribution in [2.24, 2.45) is 22.7 Å². The SMILES string of the molecule is CCNC(=NCC1CC(=O)Nc2ccccc21)NCCC1CC2CCC1C2.I. The van der Waals surface area contributed by atoms with Crippen molar-refractivity contribution in [3.8, 4) is 0 Å². The Hall–Kier alpha value is -1.31. The third kappa shape index (κ3) is 4.99. The van der Waals surface area contributed by atoms with Gasteiger partial charge in [-0.25, -0.2) is 0 Å². The Labute approximate surface area is 185 Å². The number of nitrogens with zero attached hydrogens (tertiary/aromatic N) is 1. The molecule has 1 aliphatic heterocycles. The van der Waals surface area contributed by atoms with Crippen LogP contribution in [-0.2, 0) is 4.79 Å². The van der Waals surface area contributed by atoms with Gasteiger partial charge in [-0.2, -0.15) is 0 Å². The van der Waals surface area contributed by atoms with Crippen LogP contribution in [-0.4, -0.2) is 31.5 Å². The maximum absolute atomic E-state index is 12.0. The van der Waals surface area contributed by atoms with Crippen LogP contribution in [0.4, 0.5) is 5.69 Å². The first-order valence-corrected chi connectivity index (χ1v) is 10.6. The molecule has 3 N–H and O–H groups in total. The number of para-hydroxylation sites is 1. The minimum absolute atomic E-state index is 0. The number of benzene rings is 1. The van der Waals surface area contributed by atoms with E-state index in [1.807, 2.05) is 18.2 Å². The third-order valence-corrected chi connectivity index (χ3v) is 6.61. The van der Waals surface area contributed by atoms with Crippen LogP contribution in [0.15, 0.2) is 29.3 Å². The Morgan fingerprint density at radius 1 is 1.21 bits per heavy atom. The molecule has 2 saturated carbocycles. The number of halogens is 1. The lowest BCUT2D eigenvalue weighted by Gasteiger charge is -2.25. The molecule has 4 atom stereocenters. The minimum atomic E-state index is 0. The summed E-state index contributed by atoms with van der Waals surface area (Å²) in [5.74, 6) is 4.02.